The van der Waals surface area contributed by atoms with Gasteiger partial charge in [0.05, 0.1) is 11.3 Å². The van der Waals surface area contributed by atoms with Gasteiger partial charge in [-0.2, -0.15) is 0 Å². The molecule has 0 saturated heterocycles. The van der Waals surface area contributed by atoms with Gasteiger partial charge in [0, 0.05) is 23.8 Å². The number of fused-ring (bicyclic) bond motifs is 1. The molecular weight excluding hydrogens is 260 g/mol. The fraction of sp³-hybridized carbons (Fsp3) is 0.133. The highest BCUT2D eigenvalue weighted by Crippen LogP contribution is 2.31. The molecule has 0 unspecified atom stereocenters. The Hall–Kier alpha value is -2.00. The maximum Gasteiger partial charge on any atom is 0.253 e. The van der Waals surface area contributed by atoms with Crippen LogP contribution in [0.15, 0.2) is 48.5 Å². The molecule has 0 aliphatic carbocycles. The Morgan fingerprint density at radius 2 is 1.89 bits per heavy atom. The van der Waals surface area contributed by atoms with E-state index in [0.717, 1.165) is 17.9 Å². The first-order valence-corrected chi connectivity index (χ1v) is 6.54. The summed E-state index contributed by atoms with van der Waals surface area (Å²) in [6, 6.07) is 15.4. The van der Waals surface area contributed by atoms with Crippen molar-refractivity contribution in [3.8, 4) is 0 Å². The van der Waals surface area contributed by atoms with Gasteiger partial charge in [0.2, 0.25) is 0 Å². The van der Waals surface area contributed by atoms with Gasteiger partial charge in [0.1, 0.15) is 0 Å². The van der Waals surface area contributed by atoms with Crippen LogP contribution in [0.1, 0.15) is 10.4 Å². The topological polar surface area (TPSA) is 32.3 Å². The number of rotatable bonds is 1. The lowest BCUT2D eigenvalue weighted by molar-refractivity contribution is 0.0958. The molecule has 0 spiro atoms. The first kappa shape index (κ1) is 12.1. The monoisotopic (exact) mass is 272 g/mol. The van der Waals surface area contributed by atoms with Crippen LogP contribution in [0, 0.1) is 0 Å². The van der Waals surface area contributed by atoms with Crippen molar-refractivity contribution in [3.63, 3.8) is 0 Å². The van der Waals surface area contributed by atoms with Crippen LogP contribution in [0.3, 0.4) is 0 Å². The number of halogens is 1. The number of nitrogens with one attached hydrogen (secondary N) is 1. The van der Waals surface area contributed by atoms with Crippen LogP contribution < -0.4 is 10.2 Å². The van der Waals surface area contributed by atoms with E-state index in [1.165, 1.54) is 0 Å². The van der Waals surface area contributed by atoms with Crippen molar-refractivity contribution >= 4 is 28.9 Å². The zero-order valence-corrected chi connectivity index (χ0v) is 11.0. The lowest BCUT2D eigenvalue weighted by Gasteiger charge is -2.24. The zero-order valence-electron chi connectivity index (χ0n) is 10.3. The molecule has 1 amide bonds. The summed E-state index contributed by atoms with van der Waals surface area (Å²) in [6.07, 6.45) is 0. The molecule has 19 heavy (non-hydrogen) atoms. The lowest BCUT2D eigenvalue weighted by Crippen LogP contribution is -2.27. The second kappa shape index (κ2) is 4.94. The highest BCUT2D eigenvalue weighted by atomic mass is 35.5. The fourth-order valence-corrected chi connectivity index (χ4v) is 2.46. The first-order valence-electron chi connectivity index (χ1n) is 6.16. The van der Waals surface area contributed by atoms with E-state index in [-0.39, 0.29) is 5.91 Å². The first-order chi connectivity index (χ1) is 9.25. The van der Waals surface area contributed by atoms with Gasteiger partial charge in [-0.1, -0.05) is 29.8 Å². The average Bonchev–Trinajstić information content (AvgIpc) is 2.59. The molecule has 3 nitrogen and oxygen atoms in total. The molecule has 1 N–H and O–H groups in total. The molecule has 1 aliphatic heterocycles. The Bertz CT molecular complexity index is 613. The maximum absolute atomic E-state index is 12.0. The number of amides is 1. The predicted octanol–water partition coefficient (Wildman–Crippen LogP) is 3.22. The van der Waals surface area contributed by atoms with Crippen LogP contribution in [0.5, 0.6) is 0 Å². The number of para-hydroxylation sites is 1. The summed E-state index contributed by atoms with van der Waals surface area (Å²) >= 11 is 6.07. The molecule has 4 heteroatoms. The standard InChI is InChI=1S/C15H13ClN2O/c16-11-6-7-13-14(10-11)18(9-8-17-15(13)19)12-4-2-1-3-5-12/h1-7,10H,8-9H2,(H,17,19). The van der Waals surface area contributed by atoms with Gasteiger partial charge in [-0.05, 0) is 30.3 Å². The van der Waals surface area contributed by atoms with E-state index in [4.69, 9.17) is 11.6 Å². The third-order valence-corrected chi connectivity index (χ3v) is 3.42. The number of carbonyl (C=O) groups is 1. The van der Waals surface area contributed by atoms with Crippen LogP contribution in [0.25, 0.3) is 0 Å². The molecular formula is C15H13ClN2O. The van der Waals surface area contributed by atoms with E-state index in [1.54, 1.807) is 12.1 Å². The number of anilines is 2. The quantitative estimate of drug-likeness (QED) is 0.864. The number of hydrogen-bond donors (Lipinski definition) is 1. The highest BCUT2D eigenvalue weighted by Gasteiger charge is 2.21. The summed E-state index contributed by atoms with van der Waals surface area (Å²) in [5, 5.41) is 3.53. The smallest absolute Gasteiger partial charge is 0.253 e. The van der Waals surface area contributed by atoms with Crippen LogP contribution in [0.2, 0.25) is 5.02 Å². The SMILES string of the molecule is O=C1NCCN(c2ccccc2)c2cc(Cl)ccc21. The van der Waals surface area contributed by atoms with Crippen LogP contribution in [0.4, 0.5) is 11.4 Å². The molecule has 1 heterocycles. The number of carbonyl (C=O) groups excluding carboxylic acids is 1. The molecule has 0 atom stereocenters. The Labute approximate surface area is 116 Å². The van der Waals surface area contributed by atoms with Crippen molar-refractivity contribution in [3.05, 3.63) is 59.1 Å². The minimum absolute atomic E-state index is 0.0508. The molecule has 0 fully saturated rings. The van der Waals surface area contributed by atoms with Crippen molar-refractivity contribution in [2.24, 2.45) is 0 Å². The molecule has 0 saturated carbocycles. The van der Waals surface area contributed by atoms with Crippen LogP contribution in [-0.2, 0) is 0 Å². The maximum atomic E-state index is 12.0. The summed E-state index contributed by atoms with van der Waals surface area (Å²) in [6.45, 7) is 1.34. The third kappa shape index (κ3) is 2.29. The van der Waals surface area contributed by atoms with Crippen molar-refractivity contribution in [1.29, 1.82) is 0 Å². The largest absolute Gasteiger partial charge is 0.350 e. The van der Waals surface area contributed by atoms with Gasteiger partial charge in [-0.3, -0.25) is 4.79 Å². The van der Waals surface area contributed by atoms with Gasteiger partial charge >= 0.3 is 0 Å². The van der Waals surface area contributed by atoms with Crippen LogP contribution in [-0.4, -0.2) is 19.0 Å². The second-order valence-corrected chi connectivity index (χ2v) is 4.84. The van der Waals surface area contributed by atoms with E-state index in [2.05, 4.69) is 10.2 Å². The molecule has 0 bridgehead atoms. The zero-order chi connectivity index (χ0) is 13.2. The van der Waals surface area contributed by atoms with E-state index in [9.17, 15) is 4.79 Å². The number of hydrogen-bond acceptors (Lipinski definition) is 2. The molecule has 1 aliphatic rings. The van der Waals surface area contributed by atoms with Gasteiger partial charge in [-0.15, -0.1) is 0 Å². The summed E-state index contributed by atoms with van der Waals surface area (Å²) < 4.78 is 0. The average molecular weight is 273 g/mol. The molecule has 2 aromatic rings. The van der Waals surface area contributed by atoms with Crippen molar-refractivity contribution in [2.75, 3.05) is 18.0 Å². The highest BCUT2D eigenvalue weighted by molar-refractivity contribution is 6.31. The van der Waals surface area contributed by atoms with Gasteiger partial charge in [-0.25, -0.2) is 0 Å². The van der Waals surface area contributed by atoms with E-state index < -0.39 is 0 Å². The van der Waals surface area contributed by atoms with Crippen molar-refractivity contribution in [1.82, 2.24) is 5.32 Å². The lowest BCUT2D eigenvalue weighted by atomic mass is 10.1. The van der Waals surface area contributed by atoms with E-state index in [1.807, 2.05) is 36.4 Å². The summed E-state index contributed by atoms with van der Waals surface area (Å²) in [5.41, 5.74) is 2.57. The summed E-state index contributed by atoms with van der Waals surface area (Å²) in [5.74, 6) is -0.0508. The fourth-order valence-electron chi connectivity index (χ4n) is 2.29. The van der Waals surface area contributed by atoms with E-state index in [0.29, 0.717) is 17.1 Å². The van der Waals surface area contributed by atoms with Crippen molar-refractivity contribution in [2.45, 2.75) is 0 Å². The van der Waals surface area contributed by atoms with Crippen molar-refractivity contribution < 1.29 is 4.79 Å². The summed E-state index contributed by atoms with van der Waals surface area (Å²) in [4.78, 5) is 14.1. The molecule has 0 radical (unpaired) electrons. The number of benzene rings is 2. The number of nitrogens with zero attached hydrogens (tertiary/aromatic N) is 1. The Balaban J connectivity index is 2.14. The molecule has 96 valence electrons. The summed E-state index contributed by atoms with van der Waals surface area (Å²) in [7, 11) is 0. The molecule has 2 aromatic carbocycles. The minimum atomic E-state index is -0.0508. The Morgan fingerprint density at radius 1 is 1.11 bits per heavy atom. The third-order valence-electron chi connectivity index (χ3n) is 3.18. The Kier molecular flexibility index (Phi) is 3.13. The molecule has 0 aromatic heterocycles. The van der Waals surface area contributed by atoms with Gasteiger partial charge in [0.25, 0.3) is 5.91 Å². The predicted molar refractivity (Wildman–Crippen MR) is 77.2 cm³/mol. The van der Waals surface area contributed by atoms with Crippen LogP contribution >= 0.6 is 11.6 Å². The Morgan fingerprint density at radius 3 is 2.68 bits per heavy atom. The minimum Gasteiger partial charge on any atom is -0.350 e. The molecule has 3 rings (SSSR count). The van der Waals surface area contributed by atoms with Gasteiger partial charge < -0.3 is 10.2 Å². The second-order valence-electron chi connectivity index (χ2n) is 4.40. The van der Waals surface area contributed by atoms with E-state index >= 15 is 0 Å². The van der Waals surface area contributed by atoms with Gasteiger partial charge in [0.15, 0.2) is 0 Å². The normalized spacial score (nSPS) is 14.6.